The number of rotatable bonds is 3. The number of sulfone groups is 1. The Morgan fingerprint density at radius 3 is 2.25 bits per heavy atom. The van der Waals surface area contributed by atoms with Gasteiger partial charge in [0.1, 0.15) is 0 Å². The van der Waals surface area contributed by atoms with Crippen molar-refractivity contribution in [3.8, 4) is 0 Å². The number of amides is 2. The number of hydrogen-bond donors (Lipinski definition) is 0. The normalized spacial score (nSPS) is 23.1. The summed E-state index contributed by atoms with van der Waals surface area (Å²) in [7, 11) is -1.24. The van der Waals surface area contributed by atoms with Gasteiger partial charge in [0.15, 0.2) is 9.84 Å². The molecule has 0 bridgehead atoms. The van der Waals surface area contributed by atoms with E-state index in [1.165, 1.54) is 0 Å². The Balaban J connectivity index is 2.65. The lowest BCUT2D eigenvalue weighted by molar-refractivity contribution is 0.155. The Morgan fingerprint density at radius 1 is 1.31 bits per heavy atom. The van der Waals surface area contributed by atoms with Gasteiger partial charge in [-0.05, 0) is 20.3 Å². The van der Waals surface area contributed by atoms with Crippen LogP contribution in [0, 0.1) is 0 Å². The predicted octanol–water partition coefficient (Wildman–Crippen LogP) is 0.567. The highest BCUT2D eigenvalue weighted by molar-refractivity contribution is 7.91. The number of carbonyl (C=O) groups excluding carboxylic acids is 1. The Kier molecular flexibility index (Phi) is 4.18. The summed E-state index contributed by atoms with van der Waals surface area (Å²) in [6, 6.07) is -0.231. The molecule has 1 heterocycles. The van der Waals surface area contributed by atoms with Gasteiger partial charge in [0.2, 0.25) is 0 Å². The first-order valence-corrected chi connectivity index (χ1v) is 7.45. The standard InChI is InChI=1S/C10H20N2O3S/c1-4-12(5-2)10(13)11(3)9-6-7-16(14,15)8-9/h9H,4-8H2,1-3H3. The number of carbonyl (C=O) groups is 1. The number of nitrogens with zero attached hydrogens (tertiary/aromatic N) is 2. The zero-order chi connectivity index (χ0) is 12.3. The molecular formula is C10H20N2O3S. The Labute approximate surface area is 97.3 Å². The van der Waals surface area contributed by atoms with E-state index in [9.17, 15) is 13.2 Å². The van der Waals surface area contributed by atoms with Crippen molar-refractivity contribution in [2.45, 2.75) is 26.3 Å². The van der Waals surface area contributed by atoms with Crippen molar-refractivity contribution in [3.63, 3.8) is 0 Å². The van der Waals surface area contributed by atoms with Crippen molar-refractivity contribution in [2.75, 3.05) is 31.6 Å². The maximum absolute atomic E-state index is 12.0. The van der Waals surface area contributed by atoms with Crippen molar-refractivity contribution in [1.82, 2.24) is 9.80 Å². The third kappa shape index (κ3) is 2.87. The van der Waals surface area contributed by atoms with E-state index in [4.69, 9.17) is 0 Å². The molecule has 1 aliphatic heterocycles. The highest BCUT2D eigenvalue weighted by Gasteiger charge is 2.33. The molecule has 0 aromatic rings. The van der Waals surface area contributed by atoms with Crippen LogP contribution >= 0.6 is 0 Å². The molecule has 16 heavy (non-hydrogen) atoms. The second kappa shape index (κ2) is 5.03. The second-order valence-corrected chi connectivity index (χ2v) is 6.35. The molecule has 2 amide bonds. The number of urea groups is 1. The van der Waals surface area contributed by atoms with Gasteiger partial charge in [0.05, 0.1) is 11.5 Å². The third-order valence-corrected chi connectivity index (χ3v) is 4.84. The SMILES string of the molecule is CCN(CC)C(=O)N(C)C1CCS(=O)(=O)C1. The molecule has 1 aliphatic rings. The van der Waals surface area contributed by atoms with E-state index in [0.717, 1.165) is 0 Å². The first-order chi connectivity index (χ1) is 7.41. The summed E-state index contributed by atoms with van der Waals surface area (Å²) in [5.41, 5.74) is 0. The summed E-state index contributed by atoms with van der Waals surface area (Å²) in [6.45, 7) is 5.14. The molecule has 1 fully saturated rings. The molecule has 0 radical (unpaired) electrons. The molecule has 0 aromatic heterocycles. The molecule has 0 saturated carbocycles. The van der Waals surface area contributed by atoms with Gasteiger partial charge in [-0.15, -0.1) is 0 Å². The maximum atomic E-state index is 12.0. The van der Waals surface area contributed by atoms with Crippen LogP contribution in [0.1, 0.15) is 20.3 Å². The van der Waals surface area contributed by atoms with Crippen LogP contribution in [0.25, 0.3) is 0 Å². The van der Waals surface area contributed by atoms with E-state index in [0.29, 0.717) is 19.5 Å². The average molecular weight is 248 g/mol. The summed E-state index contributed by atoms with van der Waals surface area (Å²) in [5.74, 6) is 0.310. The molecule has 5 nitrogen and oxygen atoms in total. The van der Waals surface area contributed by atoms with Gasteiger partial charge < -0.3 is 9.80 Å². The molecule has 1 saturated heterocycles. The van der Waals surface area contributed by atoms with Crippen LogP contribution in [0.5, 0.6) is 0 Å². The fourth-order valence-corrected chi connectivity index (χ4v) is 3.73. The van der Waals surface area contributed by atoms with E-state index in [1.54, 1.807) is 16.8 Å². The van der Waals surface area contributed by atoms with Crippen LogP contribution in [-0.2, 0) is 9.84 Å². The lowest BCUT2D eigenvalue weighted by atomic mass is 10.2. The van der Waals surface area contributed by atoms with Gasteiger partial charge in [-0.3, -0.25) is 0 Å². The molecule has 1 atom stereocenters. The summed E-state index contributed by atoms with van der Waals surface area (Å²) >= 11 is 0. The lowest BCUT2D eigenvalue weighted by Gasteiger charge is -2.29. The van der Waals surface area contributed by atoms with Crippen LogP contribution in [-0.4, -0.2) is 61.9 Å². The summed E-state index contributed by atoms with van der Waals surface area (Å²) < 4.78 is 22.7. The zero-order valence-electron chi connectivity index (χ0n) is 10.1. The quantitative estimate of drug-likeness (QED) is 0.733. The molecule has 1 rings (SSSR count). The highest BCUT2D eigenvalue weighted by atomic mass is 32.2. The largest absolute Gasteiger partial charge is 0.325 e. The first kappa shape index (κ1) is 13.3. The topological polar surface area (TPSA) is 57.7 Å². The molecule has 94 valence electrons. The smallest absolute Gasteiger partial charge is 0.320 e. The van der Waals surface area contributed by atoms with Crippen LogP contribution in [0.3, 0.4) is 0 Å². The fourth-order valence-electron chi connectivity index (χ4n) is 1.95. The van der Waals surface area contributed by atoms with E-state index < -0.39 is 9.84 Å². The number of hydrogen-bond acceptors (Lipinski definition) is 3. The predicted molar refractivity (Wildman–Crippen MR) is 63.1 cm³/mol. The van der Waals surface area contributed by atoms with Crippen LogP contribution in [0.4, 0.5) is 4.79 Å². The van der Waals surface area contributed by atoms with Gasteiger partial charge >= 0.3 is 6.03 Å². The fraction of sp³-hybridized carbons (Fsp3) is 0.900. The summed E-state index contributed by atoms with van der Waals surface area (Å²) in [6.07, 6.45) is 0.561. The molecule has 0 spiro atoms. The Hall–Kier alpha value is -0.780. The van der Waals surface area contributed by atoms with Crippen molar-refractivity contribution in [3.05, 3.63) is 0 Å². The van der Waals surface area contributed by atoms with Crippen molar-refractivity contribution >= 4 is 15.9 Å². The van der Waals surface area contributed by atoms with Crippen LogP contribution < -0.4 is 0 Å². The molecule has 0 aromatic carbocycles. The average Bonchev–Trinajstić information content (AvgIpc) is 2.59. The summed E-state index contributed by atoms with van der Waals surface area (Å²) in [5, 5.41) is 0. The minimum atomic E-state index is -2.93. The highest BCUT2D eigenvalue weighted by Crippen LogP contribution is 2.17. The van der Waals surface area contributed by atoms with E-state index in [1.807, 2.05) is 13.8 Å². The van der Waals surface area contributed by atoms with Crippen LogP contribution in [0.2, 0.25) is 0 Å². The molecule has 1 unspecified atom stereocenters. The molecule has 0 aliphatic carbocycles. The van der Waals surface area contributed by atoms with Gasteiger partial charge in [0, 0.05) is 26.2 Å². The third-order valence-electron chi connectivity index (χ3n) is 3.09. The maximum Gasteiger partial charge on any atom is 0.320 e. The Morgan fingerprint density at radius 2 is 1.88 bits per heavy atom. The van der Waals surface area contributed by atoms with Gasteiger partial charge in [-0.1, -0.05) is 0 Å². The minimum absolute atomic E-state index is 0.0768. The monoisotopic (exact) mass is 248 g/mol. The molecule has 0 N–H and O–H groups in total. The summed E-state index contributed by atoms with van der Waals surface area (Å²) in [4.78, 5) is 15.2. The van der Waals surface area contributed by atoms with Crippen LogP contribution in [0.15, 0.2) is 0 Å². The minimum Gasteiger partial charge on any atom is -0.325 e. The van der Waals surface area contributed by atoms with E-state index in [-0.39, 0.29) is 23.6 Å². The molecular weight excluding hydrogens is 228 g/mol. The van der Waals surface area contributed by atoms with Gasteiger partial charge in [0.25, 0.3) is 0 Å². The van der Waals surface area contributed by atoms with Gasteiger partial charge in [-0.25, -0.2) is 13.2 Å². The second-order valence-electron chi connectivity index (χ2n) is 4.12. The van der Waals surface area contributed by atoms with Crippen molar-refractivity contribution in [2.24, 2.45) is 0 Å². The van der Waals surface area contributed by atoms with Crippen molar-refractivity contribution in [1.29, 1.82) is 0 Å². The lowest BCUT2D eigenvalue weighted by Crippen LogP contribution is -2.46. The van der Waals surface area contributed by atoms with Crippen molar-refractivity contribution < 1.29 is 13.2 Å². The Bertz CT molecular complexity index is 349. The van der Waals surface area contributed by atoms with E-state index >= 15 is 0 Å². The first-order valence-electron chi connectivity index (χ1n) is 5.63. The molecule has 6 heteroatoms. The zero-order valence-corrected chi connectivity index (χ0v) is 11.0. The van der Waals surface area contributed by atoms with Gasteiger partial charge in [-0.2, -0.15) is 0 Å². The van der Waals surface area contributed by atoms with E-state index in [2.05, 4.69) is 0 Å².